The first kappa shape index (κ1) is 15.4. The lowest BCUT2D eigenvalue weighted by atomic mass is 9.96. The Morgan fingerprint density at radius 2 is 2.00 bits per heavy atom. The van der Waals surface area contributed by atoms with Crippen molar-refractivity contribution in [2.24, 2.45) is 11.8 Å². The average Bonchev–Trinajstić information content (AvgIpc) is 2.35. The molecule has 0 aliphatic carbocycles. The predicted molar refractivity (Wildman–Crippen MR) is 75.6 cm³/mol. The number of carbonyl (C=O) groups excluding carboxylic acids is 1. The van der Waals surface area contributed by atoms with Crippen molar-refractivity contribution < 1.29 is 4.79 Å². The summed E-state index contributed by atoms with van der Waals surface area (Å²) in [5.74, 6) is 1.57. The van der Waals surface area contributed by atoms with Crippen molar-refractivity contribution >= 4 is 5.91 Å². The first-order valence-corrected chi connectivity index (χ1v) is 7.25. The van der Waals surface area contributed by atoms with Crippen LogP contribution in [0.4, 0.5) is 0 Å². The van der Waals surface area contributed by atoms with Crippen molar-refractivity contribution in [3.63, 3.8) is 0 Å². The van der Waals surface area contributed by atoms with Gasteiger partial charge in [0, 0.05) is 6.54 Å². The van der Waals surface area contributed by atoms with E-state index in [0.29, 0.717) is 12.5 Å². The zero-order valence-electron chi connectivity index (χ0n) is 12.2. The fraction of sp³-hybridized carbons (Fsp3) is 0.929. The van der Waals surface area contributed by atoms with Crippen LogP contribution in [0.5, 0.6) is 0 Å². The molecule has 0 aromatic carbocycles. The maximum Gasteiger partial charge on any atom is 0.233 e. The number of likely N-dealkylation sites (N-methyl/N-ethyl adjacent to an activating group) is 1. The van der Waals surface area contributed by atoms with Crippen molar-refractivity contribution in [3.05, 3.63) is 0 Å². The summed E-state index contributed by atoms with van der Waals surface area (Å²) in [4.78, 5) is 13.9. The van der Waals surface area contributed by atoms with Gasteiger partial charge in [-0.1, -0.05) is 13.8 Å². The fourth-order valence-corrected chi connectivity index (χ4v) is 2.34. The molecule has 18 heavy (non-hydrogen) atoms. The number of nitrogens with zero attached hydrogens (tertiary/aromatic N) is 1. The summed E-state index contributed by atoms with van der Waals surface area (Å²) >= 11 is 0. The van der Waals surface area contributed by atoms with Crippen LogP contribution in [-0.4, -0.2) is 50.6 Å². The lowest BCUT2D eigenvalue weighted by molar-refractivity contribution is -0.120. The zero-order chi connectivity index (χ0) is 13.4. The van der Waals surface area contributed by atoms with Gasteiger partial charge >= 0.3 is 0 Å². The van der Waals surface area contributed by atoms with Gasteiger partial charge < -0.3 is 15.5 Å². The summed E-state index contributed by atoms with van der Waals surface area (Å²) in [5.41, 5.74) is 0. The van der Waals surface area contributed by atoms with Crippen LogP contribution in [0, 0.1) is 11.8 Å². The molecule has 0 unspecified atom stereocenters. The molecule has 1 heterocycles. The van der Waals surface area contributed by atoms with Crippen LogP contribution in [0.25, 0.3) is 0 Å². The van der Waals surface area contributed by atoms with Gasteiger partial charge in [-0.15, -0.1) is 0 Å². The SMILES string of the molecule is CNCC(=O)NCC1CCN(CCC(C)C)CC1. The molecule has 4 nitrogen and oxygen atoms in total. The summed E-state index contributed by atoms with van der Waals surface area (Å²) < 4.78 is 0. The van der Waals surface area contributed by atoms with E-state index in [-0.39, 0.29) is 5.91 Å². The Balaban J connectivity index is 2.09. The highest BCUT2D eigenvalue weighted by atomic mass is 16.1. The van der Waals surface area contributed by atoms with Gasteiger partial charge in [-0.3, -0.25) is 4.79 Å². The quantitative estimate of drug-likeness (QED) is 0.715. The van der Waals surface area contributed by atoms with Crippen LogP contribution < -0.4 is 10.6 Å². The van der Waals surface area contributed by atoms with Crippen LogP contribution in [0.3, 0.4) is 0 Å². The molecule has 0 atom stereocenters. The third-order valence-corrected chi connectivity index (χ3v) is 3.66. The molecule has 1 rings (SSSR count). The second-order valence-corrected chi connectivity index (χ2v) is 5.80. The molecule has 1 aliphatic heterocycles. The zero-order valence-corrected chi connectivity index (χ0v) is 12.2. The molecule has 1 saturated heterocycles. The van der Waals surface area contributed by atoms with Gasteiger partial charge in [-0.25, -0.2) is 0 Å². The summed E-state index contributed by atoms with van der Waals surface area (Å²) in [7, 11) is 1.80. The molecule has 0 radical (unpaired) electrons. The van der Waals surface area contributed by atoms with Gasteiger partial charge in [0.1, 0.15) is 0 Å². The van der Waals surface area contributed by atoms with E-state index in [9.17, 15) is 4.79 Å². The molecule has 0 bridgehead atoms. The van der Waals surface area contributed by atoms with Crippen molar-refractivity contribution in [2.75, 3.05) is 39.8 Å². The molecule has 106 valence electrons. The normalized spacial score (nSPS) is 18.2. The Morgan fingerprint density at radius 3 is 2.56 bits per heavy atom. The molecule has 0 saturated carbocycles. The van der Waals surface area contributed by atoms with Gasteiger partial charge in [0.15, 0.2) is 0 Å². The van der Waals surface area contributed by atoms with E-state index in [1.165, 1.54) is 38.9 Å². The second-order valence-electron chi connectivity index (χ2n) is 5.80. The number of rotatable bonds is 7. The third-order valence-electron chi connectivity index (χ3n) is 3.66. The Morgan fingerprint density at radius 1 is 1.33 bits per heavy atom. The summed E-state index contributed by atoms with van der Waals surface area (Å²) in [5, 5.41) is 5.87. The third kappa shape index (κ3) is 6.36. The summed E-state index contributed by atoms with van der Waals surface area (Å²) in [6, 6.07) is 0. The number of hydrogen-bond donors (Lipinski definition) is 2. The van der Waals surface area contributed by atoms with Crippen LogP contribution >= 0.6 is 0 Å². The van der Waals surface area contributed by atoms with Gasteiger partial charge in [-0.2, -0.15) is 0 Å². The number of hydrogen-bond acceptors (Lipinski definition) is 3. The summed E-state index contributed by atoms with van der Waals surface area (Å²) in [6.45, 7) is 9.45. The van der Waals surface area contributed by atoms with Gasteiger partial charge in [0.25, 0.3) is 0 Å². The highest BCUT2D eigenvalue weighted by Crippen LogP contribution is 2.17. The Hall–Kier alpha value is -0.610. The number of nitrogens with one attached hydrogen (secondary N) is 2. The first-order valence-electron chi connectivity index (χ1n) is 7.25. The van der Waals surface area contributed by atoms with Crippen LogP contribution in [0.15, 0.2) is 0 Å². The maximum absolute atomic E-state index is 11.3. The molecule has 0 spiro atoms. The van der Waals surface area contributed by atoms with E-state index in [1.54, 1.807) is 7.05 Å². The predicted octanol–water partition coefficient (Wildman–Crippen LogP) is 1.08. The van der Waals surface area contributed by atoms with Gasteiger partial charge in [0.05, 0.1) is 6.54 Å². The van der Waals surface area contributed by atoms with E-state index in [4.69, 9.17) is 0 Å². The minimum Gasteiger partial charge on any atom is -0.355 e. The fourth-order valence-electron chi connectivity index (χ4n) is 2.34. The topological polar surface area (TPSA) is 44.4 Å². The van der Waals surface area contributed by atoms with Crippen LogP contribution in [0.1, 0.15) is 33.1 Å². The monoisotopic (exact) mass is 255 g/mol. The van der Waals surface area contributed by atoms with Crippen molar-refractivity contribution in [1.82, 2.24) is 15.5 Å². The molecule has 0 aromatic rings. The van der Waals surface area contributed by atoms with E-state index in [1.807, 2.05) is 0 Å². The smallest absolute Gasteiger partial charge is 0.233 e. The first-order chi connectivity index (χ1) is 8.61. The molecule has 1 fully saturated rings. The standard InChI is InChI=1S/C14H29N3O/c1-12(2)4-7-17-8-5-13(6-9-17)10-16-14(18)11-15-3/h12-13,15H,4-11H2,1-3H3,(H,16,18). The van der Waals surface area contributed by atoms with E-state index >= 15 is 0 Å². The lowest BCUT2D eigenvalue weighted by Crippen LogP contribution is -2.40. The summed E-state index contributed by atoms with van der Waals surface area (Å²) in [6.07, 6.45) is 3.74. The number of likely N-dealkylation sites (tertiary alicyclic amines) is 1. The van der Waals surface area contributed by atoms with Gasteiger partial charge in [0.2, 0.25) is 5.91 Å². The van der Waals surface area contributed by atoms with Crippen molar-refractivity contribution in [1.29, 1.82) is 0 Å². The minimum absolute atomic E-state index is 0.111. The highest BCUT2D eigenvalue weighted by molar-refractivity contribution is 5.77. The molecule has 4 heteroatoms. The number of carbonyl (C=O) groups is 1. The van der Waals surface area contributed by atoms with Crippen LogP contribution in [-0.2, 0) is 4.79 Å². The maximum atomic E-state index is 11.3. The molecule has 0 aromatic heterocycles. The number of piperidine rings is 1. The molecular formula is C14H29N3O. The molecule has 1 aliphatic rings. The number of amides is 1. The average molecular weight is 255 g/mol. The Bertz CT molecular complexity index is 235. The van der Waals surface area contributed by atoms with Crippen molar-refractivity contribution in [3.8, 4) is 0 Å². The van der Waals surface area contributed by atoms with Gasteiger partial charge in [-0.05, 0) is 57.8 Å². The Labute approximate surface area is 111 Å². The Kier molecular flexibility index (Phi) is 7.28. The molecule has 1 amide bonds. The van der Waals surface area contributed by atoms with E-state index in [2.05, 4.69) is 29.4 Å². The molecule has 2 N–H and O–H groups in total. The van der Waals surface area contributed by atoms with E-state index in [0.717, 1.165) is 12.5 Å². The minimum atomic E-state index is 0.111. The highest BCUT2D eigenvalue weighted by Gasteiger charge is 2.19. The van der Waals surface area contributed by atoms with E-state index < -0.39 is 0 Å². The second kappa shape index (κ2) is 8.48. The lowest BCUT2D eigenvalue weighted by Gasteiger charge is -2.32. The van der Waals surface area contributed by atoms with Crippen LogP contribution in [0.2, 0.25) is 0 Å². The largest absolute Gasteiger partial charge is 0.355 e. The molecular weight excluding hydrogens is 226 g/mol. The van der Waals surface area contributed by atoms with Crippen molar-refractivity contribution in [2.45, 2.75) is 33.1 Å².